The fourth-order valence-electron chi connectivity index (χ4n) is 3.09. The van der Waals surface area contributed by atoms with Crippen LogP contribution in [0.2, 0.25) is 0 Å². The maximum Gasteiger partial charge on any atom is 0.260 e. The highest BCUT2D eigenvalue weighted by Gasteiger charge is 2.37. The van der Waals surface area contributed by atoms with Gasteiger partial charge in [-0.15, -0.1) is 0 Å². The normalized spacial score (nSPS) is 15.8. The number of carbonyl (C=O) groups is 1. The lowest BCUT2D eigenvalue weighted by Crippen LogP contribution is -2.32. The molecule has 5 heteroatoms. The summed E-state index contributed by atoms with van der Waals surface area (Å²) in [6, 6.07) is 19.0. The van der Waals surface area contributed by atoms with E-state index in [1.165, 1.54) is 0 Å². The summed E-state index contributed by atoms with van der Waals surface area (Å²) in [6.45, 7) is 0. The highest BCUT2D eigenvalue weighted by molar-refractivity contribution is 6.11. The Morgan fingerprint density at radius 2 is 1.96 bits per heavy atom. The molecular formula is C20H17N3O2. The summed E-state index contributed by atoms with van der Waals surface area (Å²) < 4.78 is 5.29. The average Bonchev–Trinajstić information content (AvgIpc) is 2.95. The van der Waals surface area contributed by atoms with Gasteiger partial charge in [-0.1, -0.05) is 24.3 Å². The Labute approximate surface area is 145 Å². The number of anilines is 2. The minimum atomic E-state index is -0.306. The van der Waals surface area contributed by atoms with Gasteiger partial charge in [0.1, 0.15) is 11.9 Å². The highest BCUT2D eigenvalue weighted by Crippen LogP contribution is 2.37. The number of hydrogen-bond acceptors (Lipinski definition) is 4. The molecule has 0 unspecified atom stereocenters. The molecule has 1 amide bonds. The van der Waals surface area contributed by atoms with Crippen LogP contribution in [0, 0.1) is 0 Å². The first kappa shape index (κ1) is 15.2. The van der Waals surface area contributed by atoms with Crippen molar-refractivity contribution in [2.45, 2.75) is 6.17 Å². The number of rotatable bonds is 4. The van der Waals surface area contributed by atoms with Crippen molar-refractivity contribution in [3.8, 4) is 5.75 Å². The molecule has 1 aliphatic heterocycles. The lowest BCUT2D eigenvalue weighted by Gasteiger charge is -2.27. The van der Waals surface area contributed by atoms with Crippen LogP contribution in [0.1, 0.15) is 22.1 Å². The van der Waals surface area contributed by atoms with Gasteiger partial charge in [0.05, 0.1) is 19.0 Å². The molecule has 0 bridgehead atoms. The molecule has 4 rings (SSSR count). The molecule has 0 fully saturated rings. The number of aromatic nitrogens is 1. The largest absolute Gasteiger partial charge is 0.497 e. The van der Waals surface area contributed by atoms with Gasteiger partial charge in [-0.3, -0.25) is 14.7 Å². The molecule has 1 atom stereocenters. The first-order valence-corrected chi connectivity index (χ1v) is 8.01. The predicted molar refractivity (Wildman–Crippen MR) is 96.8 cm³/mol. The Morgan fingerprint density at radius 1 is 1.08 bits per heavy atom. The number of amides is 1. The first-order chi connectivity index (χ1) is 12.3. The van der Waals surface area contributed by atoms with E-state index in [0.717, 1.165) is 22.7 Å². The Balaban J connectivity index is 1.77. The van der Waals surface area contributed by atoms with Gasteiger partial charge >= 0.3 is 0 Å². The van der Waals surface area contributed by atoms with Gasteiger partial charge in [-0.25, -0.2) is 0 Å². The number of nitrogens with one attached hydrogen (secondary N) is 1. The third kappa shape index (κ3) is 2.70. The van der Waals surface area contributed by atoms with E-state index in [9.17, 15) is 4.79 Å². The molecule has 1 N–H and O–H groups in total. The third-order valence-corrected chi connectivity index (χ3v) is 4.26. The van der Waals surface area contributed by atoms with Crippen molar-refractivity contribution >= 4 is 17.3 Å². The number of benzene rings is 2. The molecule has 0 radical (unpaired) electrons. The van der Waals surface area contributed by atoms with Gasteiger partial charge in [-0.05, 0) is 30.3 Å². The molecule has 1 aliphatic rings. The Hall–Kier alpha value is -3.34. The quantitative estimate of drug-likeness (QED) is 0.789. The molecular weight excluding hydrogens is 314 g/mol. The third-order valence-electron chi connectivity index (χ3n) is 4.26. The molecule has 25 heavy (non-hydrogen) atoms. The van der Waals surface area contributed by atoms with Crippen molar-refractivity contribution in [1.82, 2.24) is 4.98 Å². The van der Waals surface area contributed by atoms with Crippen molar-refractivity contribution in [2.75, 3.05) is 17.3 Å². The van der Waals surface area contributed by atoms with Crippen LogP contribution in [0.5, 0.6) is 5.75 Å². The van der Waals surface area contributed by atoms with Crippen molar-refractivity contribution in [3.05, 3.63) is 84.2 Å². The zero-order chi connectivity index (χ0) is 17.2. The SMILES string of the molecule is COc1cccc(N[C@@H]2c3ccccc3C(=O)N2c2cccnc2)c1. The molecule has 2 heterocycles. The fourth-order valence-corrected chi connectivity index (χ4v) is 3.09. The smallest absolute Gasteiger partial charge is 0.260 e. The molecule has 2 aromatic carbocycles. The maximum absolute atomic E-state index is 13.0. The van der Waals surface area contributed by atoms with Crippen LogP contribution in [-0.2, 0) is 0 Å². The topological polar surface area (TPSA) is 54.5 Å². The number of ether oxygens (including phenoxy) is 1. The van der Waals surface area contributed by atoms with Crippen molar-refractivity contribution in [2.24, 2.45) is 0 Å². The van der Waals surface area contributed by atoms with Gasteiger partial charge in [0.2, 0.25) is 0 Å². The van der Waals surface area contributed by atoms with Crippen LogP contribution >= 0.6 is 0 Å². The standard InChI is InChI=1S/C20H17N3O2/c1-25-16-8-4-6-14(12-16)22-19-17-9-2-3-10-18(17)20(24)23(19)15-7-5-11-21-13-15/h2-13,19,22H,1H3/t19-/m0/s1. The number of nitrogens with zero attached hydrogens (tertiary/aromatic N) is 2. The lowest BCUT2D eigenvalue weighted by atomic mass is 10.1. The number of fused-ring (bicyclic) bond motifs is 1. The summed E-state index contributed by atoms with van der Waals surface area (Å²) >= 11 is 0. The van der Waals surface area contributed by atoms with Crippen molar-refractivity contribution < 1.29 is 9.53 Å². The van der Waals surface area contributed by atoms with E-state index in [1.54, 1.807) is 24.4 Å². The molecule has 1 aromatic heterocycles. The summed E-state index contributed by atoms with van der Waals surface area (Å²) in [4.78, 5) is 18.8. The van der Waals surface area contributed by atoms with Crippen molar-refractivity contribution in [1.29, 1.82) is 0 Å². The van der Waals surface area contributed by atoms with Crippen LogP contribution in [-0.4, -0.2) is 18.0 Å². The molecule has 0 spiro atoms. The Bertz CT molecular complexity index is 912. The average molecular weight is 331 g/mol. The van der Waals surface area contributed by atoms with E-state index < -0.39 is 0 Å². The van der Waals surface area contributed by atoms with Gasteiger partial charge < -0.3 is 10.1 Å². The van der Waals surface area contributed by atoms with Gasteiger partial charge in [-0.2, -0.15) is 0 Å². The van der Waals surface area contributed by atoms with E-state index in [4.69, 9.17) is 4.74 Å². The second-order valence-corrected chi connectivity index (χ2v) is 5.75. The molecule has 5 nitrogen and oxygen atoms in total. The number of methoxy groups -OCH3 is 1. The van der Waals surface area contributed by atoms with Crippen LogP contribution < -0.4 is 15.0 Å². The van der Waals surface area contributed by atoms with E-state index in [2.05, 4.69) is 10.3 Å². The first-order valence-electron chi connectivity index (χ1n) is 8.01. The zero-order valence-electron chi connectivity index (χ0n) is 13.7. The van der Waals surface area contributed by atoms with E-state index in [-0.39, 0.29) is 12.1 Å². The lowest BCUT2D eigenvalue weighted by molar-refractivity contribution is 0.0993. The maximum atomic E-state index is 13.0. The summed E-state index contributed by atoms with van der Waals surface area (Å²) in [5.74, 6) is 0.722. The number of hydrogen-bond donors (Lipinski definition) is 1. The van der Waals surface area contributed by atoms with Crippen LogP contribution in [0.4, 0.5) is 11.4 Å². The van der Waals surface area contributed by atoms with Gasteiger partial charge in [0, 0.05) is 29.1 Å². The van der Waals surface area contributed by atoms with E-state index in [1.807, 2.05) is 60.7 Å². The van der Waals surface area contributed by atoms with Crippen LogP contribution in [0.25, 0.3) is 0 Å². The number of pyridine rings is 1. The summed E-state index contributed by atoms with van der Waals surface area (Å²) in [6.07, 6.45) is 3.09. The number of carbonyl (C=O) groups excluding carboxylic acids is 1. The van der Waals surface area contributed by atoms with E-state index in [0.29, 0.717) is 5.56 Å². The van der Waals surface area contributed by atoms with Gasteiger partial charge in [0.25, 0.3) is 5.91 Å². The predicted octanol–water partition coefficient (Wildman–Crippen LogP) is 3.86. The van der Waals surface area contributed by atoms with Crippen LogP contribution in [0.3, 0.4) is 0 Å². The zero-order valence-corrected chi connectivity index (χ0v) is 13.7. The summed E-state index contributed by atoms with van der Waals surface area (Å²) in [5.41, 5.74) is 3.28. The molecule has 124 valence electrons. The van der Waals surface area contributed by atoms with Crippen LogP contribution in [0.15, 0.2) is 73.1 Å². The second kappa shape index (κ2) is 6.28. The van der Waals surface area contributed by atoms with Gasteiger partial charge in [0.15, 0.2) is 0 Å². The molecule has 0 aliphatic carbocycles. The van der Waals surface area contributed by atoms with Crippen molar-refractivity contribution in [3.63, 3.8) is 0 Å². The molecule has 3 aromatic rings. The molecule has 0 saturated carbocycles. The Morgan fingerprint density at radius 3 is 2.76 bits per heavy atom. The van der Waals surface area contributed by atoms with E-state index >= 15 is 0 Å². The highest BCUT2D eigenvalue weighted by atomic mass is 16.5. The fraction of sp³-hybridized carbons (Fsp3) is 0.100. The summed E-state index contributed by atoms with van der Waals surface area (Å²) in [5, 5.41) is 3.45. The minimum Gasteiger partial charge on any atom is -0.497 e. The Kier molecular flexibility index (Phi) is 3.82. The molecule has 0 saturated heterocycles. The summed E-state index contributed by atoms with van der Waals surface area (Å²) in [7, 11) is 1.63. The second-order valence-electron chi connectivity index (χ2n) is 5.75. The minimum absolute atomic E-state index is 0.0380. The monoisotopic (exact) mass is 331 g/mol.